The van der Waals surface area contributed by atoms with Crippen LogP contribution in [0.4, 0.5) is 20.6 Å². The van der Waals surface area contributed by atoms with Crippen LogP contribution in [0.15, 0.2) is 47.6 Å². The lowest BCUT2D eigenvalue weighted by Crippen LogP contribution is -2.39. The van der Waals surface area contributed by atoms with E-state index in [2.05, 4.69) is 10.3 Å². The van der Waals surface area contributed by atoms with E-state index in [1.54, 1.807) is 11.0 Å². The molecule has 1 N–H and O–H groups in total. The van der Waals surface area contributed by atoms with Gasteiger partial charge in [0.1, 0.15) is 5.82 Å². The number of nitrogens with one attached hydrogen (secondary N) is 1. The first-order valence-corrected chi connectivity index (χ1v) is 12.7. The molecule has 0 atom stereocenters. The number of halogens is 1. The van der Waals surface area contributed by atoms with Gasteiger partial charge in [-0.05, 0) is 57.0 Å². The van der Waals surface area contributed by atoms with Crippen molar-refractivity contribution in [1.82, 2.24) is 14.3 Å². The summed E-state index contributed by atoms with van der Waals surface area (Å²) in [4.78, 5) is 18.4. The molecule has 176 valence electrons. The molecule has 10 heteroatoms. The van der Waals surface area contributed by atoms with Crippen LogP contribution in [0, 0.1) is 5.82 Å². The summed E-state index contributed by atoms with van der Waals surface area (Å²) in [7, 11) is -3.49. The number of ether oxygens (including phenoxy) is 1. The third kappa shape index (κ3) is 4.95. The van der Waals surface area contributed by atoms with Crippen LogP contribution in [0.1, 0.15) is 38.3 Å². The SMILES string of the molecule is CC(C)OC(=O)N1CCC(c2cnc3c(Nc4ccc(S(C)(=O)=O)cc4F)cccn23)CC1. The first-order chi connectivity index (χ1) is 15.6. The minimum atomic E-state index is -3.49. The molecule has 0 bridgehead atoms. The first-order valence-electron chi connectivity index (χ1n) is 10.8. The van der Waals surface area contributed by atoms with Gasteiger partial charge in [-0.3, -0.25) is 0 Å². The molecule has 0 aliphatic carbocycles. The average molecular weight is 475 g/mol. The summed E-state index contributed by atoms with van der Waals surface area (Å²) in [5.74, 6) is -0.434. The second kappa shape index (κ2) is 9.01. The Hall–Kier alpha value is -3.14. The van der Waals surface area contributed by atoms with Gasteiger partial charge in [-0.1, -0.05) is 0 Å². The van der Waals surface area contributed by atoms with Crippen molar-refractivity contribution in [2.75, 3.05) is 24.7 Å². The Morgan fingerprint density at radius 3 is 2.58 bits per heavy atom. The maximum absolute atomic E-state index is 14.5. The molecular formula is C23H27FN4O4S. The number of hydrogen-bond donors (Lipinski definition) is 1. The number of carbonyl (C=O) groups is 1. The van der Waals surface area contributed by atoms with E-state index < -0.39 is 15.7 Å². The predicted octanol–water partition coefficient (Wildman–Crippen LogP) is 4.34. The molecule has 1 fully saturated rings. The molecule has 0 unspecified atom stereocenters. The highest BCUT2D eigenvalue weighted by Gasteiger charge is 2.27. The summed E-state index contributed by atoms with van der Waals surface area (Å²) in [6.07, 6.45) is 5.92. The van der Waals surface area contributed by atoms with Crippen molar-refractivity contribution in [2.45, 2.75) is 43.6 Å². The van der Waals surface area contributed by atoms with Gasteiger partial charge < -0.3 is 19.4 Å². The van der Waals surface area contributed by atoms with Gasteiger partial charge in [-0.2, -0.15) is 0 Å². The van der Waals surface area contributed by atoms with Crippen molar-refractivity contribution in [2.24, 2.45) is 0 Å². The fourth-order valence-electron chi connectivity index (χ4n) is 4.04. The Morgan fingerprint density at radius 2 is 1.94 bits per heavy atom. The van der Waals surface area contributed by atoms with Crippen molar-refractivity contribution in [3.05, 3.63) is 54.2 Å². The molecule has 1 aliphatic rings. The van der Waals surface area contributed by atoms with Crippen LogP contribution in [0.2, 0.25) is 0 Å². The Bertz CT molecular complexity index is 1280. The average Bonchev–Trinajstić information content (AvgIpc) is 3.19. The smallest absolute Gasteiger partial charge is 0.410 e. The van der Waals surface area contributed by atoms with Crippen molar-refractivity contribution >= 4 is 33.0 Å². The van der Waals surface area contributed by atoms with Crippen LogP contribution in [0.3, 0.4) is 0 Å². The monoisotopic (exact) mass is 474 g/mol. The minimum absolute atomic E-state index is 0.0736. The number of piperidine rings is 1. The summed E-state index contributed by atoms with van der Waals surface area (Å²) in [6.45, 7) is 4.89. The van der Waals surface area contributed by atoms with E-state index in [4.69, 9.17) is 4.74 Å². The lowest BCUT2D eigenvalue weighted by atomic mass is 9.94. The number of anilines is 2. The van der Waals surface area contributed by atoms with Crippen molar-refractivity contribution in [3.63, 3.8) is 0 Å². The maximum atomic E-state index is 14.5. The second-order valence-corrected chi connectivity index (χ2v) is 10.5. The van der Waals surface area contributed by atoms with Gasteiger partial charge >= 0.3 is 6.09 Å². The molecule has 8 nitrogen and oxygen atoms in total. The zero-order valence-corrected chi connectivity index (χ0v) is 19.6. The number of rotatable bonds is 5. The van der Waals surface area contributed by atoms with Crippen molar-refractivity contribution in [3.8, 4) is 0 Å². The van der Waals surface area contributed by atoms with E-state index in [1.165, 1.54) is 12.1 Å². The van der Waals surface area contributed by atoms with Crippen LogP contribution in [-0.2, 0) is 14.6 Å². The summed E-state index contributed by atoms with van der Waals surface area (Å²) in [5, 5.41) is 3.03. The second-order valence-electron chi connectivity index (χ2n) is 8.53. The van der Waals surface area contributed by atoms with Gasteiger partial charge in [-0.25, -0.2) is 22.6 Å². The van der Waals surface area contributed by atoms with E-state index in [-0.39, 0.29) is 28.7 Å². The van der Waals surface area contributed by atoms with Crippen LogP contribution < -0.4 is 5.32 Å². The predicted molar refractivity (Wildman–Crippen MR) is 123 cm³/mol. The fourth-order valence-corrected chi connectivity index (χ4v) is 4.67. The third-order valence-corrected chi connectivity index (χ3v) is 6.82. The molecule has 0 spiro atoms. The molecule has 4 rings (SSSR count). The number of sulfone groups is 1. The molecule has 1 amide bonds. The van der Waals surface area contributed by atoms with Gasteiger partial charge in [0.2, 0.25) is 0 Å². The van der Waals surface area contributed by atoms with Gasteiger partial charge in [0.25, 0.3) is 0 Å². The van der Waals surface area contributed by atoms with E-state index in [1.807, 2.05) is 36.7 Å². The molecule has 0 saturated carbocycles. The standard InChI is InChI=1S/C23H27FN4O4S/c1-15(2)32-23(29)27-11-8-16(9-12-27)21-14-25-22-20(5-4-10-28(21)22)26-19-7-6-17(13-18(19)24)33(3,30)31/h4-7,10,13-16,26H,8-9,11-12H2,1-3H3. The highest BCUT2D eigenvalue weighted by Crippen LogP contribution is 2.31. The Labute approximate surface area is 192 Å². The Morgan fingerprint density at radius 1 is 1.21 bits per heavy atom. The van der Waals surface area contributed by atoms with Gasteiger partial charge in [0.05, 0.1) is 22.4 Å². The fraction of sp³-hybridized carbons (Fsp3) is 0.391. The molecule has 0 radical (unpaired) electrons. The van der Waals surface area contributed by atoms with Gasteiger partial charge in [0, 0.05) is 43.4 Å². The third-order valence-electron chi connectivity index (χ3n) is 5.71. The lowest BCUT2D eigenvalue weighted by Gasteiger charge is -2.31. The number of imidazole rings is 1. The number of fused-ring (bicyclic) bond motifs is 1. The van der Waals surface area contributed by atoms with E-state index in [9.17, 15) is 17.6 Å². The maximum Gasteiger partial charge on any atom is 0.410 e. The molecular weight excluding hydrogens is 447 g/mol. The van der Waals surface area contributed by atoms with Crippen molar-refractivity contribution in [1.29, 1.82) is 0 Å². The number of hydrogen-bond acceptors (Lipinski definition) is 6. The number of nitrogens with zero attached hydrogens (tertiary/aromatic N) is 3. The largest absolute Gasteiger partial charge is 0.447 e. The zero-order valence-electron chi connectivity index (χ0n) is 18.8. The van der Waals surface area contributed by atoms with E-state index in [0.717, 1.165) is 30.9 Å². The van der Waals surface area contributed by atoms with E-state index in [0.29, 0.717) is 24.4 Å². The number of aromatic nitrogens is 2. The summed E-state index contributed by atoms with van der Waals surface area (Å²) < 4.78 is 45.1. The highest BCUT2D eigenvalue weighted by molar-refractivity contribution is 7.90. The van der Waals surface area contributed by atoms with Crippen LogP contribution in [0.25, 0.3) is 5.65 Å². The van der Waals surface area contributed by atoms with Gasteiger partial charge in [-0.15, -0.1) is 0 Å². The minimum Gasteiger partial charge on any atom is -0.447 e. The van der Waals surface area contributed by atoms with Crippen molar-refractivity contribution < 1.29 is 22.3 Å². The number of pyridine rings is 1. The van der Waals surface area contributed by atoms with Crippen LogP contribution in [-0.4, -0.2) is 54.2 Å². The van der Waals surface area contributed by atoms with E-state index >= 15 is 0 Å². The zero-order chi connectivity index (χ0) is 23.8. The van der Waals surface area contributed by atoms with Gasteiger partial charge in [0.15, 0.2) is 15.5 Å². The quantitative estimate of drug-likeness (QED) is 0.591. The Balaban J connectivity index is 1.53. The summed E-state index contributed by atoms with van der Waals surface area (Å²) >= 11 is 0. The lowest BCUT2D eigenvalue weighted by molar-refractivity contribution is 0.0690. The molecule has 1 aliphatic heterocycles. The molecule has 33 heavy (non-hydrogen) atoms. The number of benzene rings is 1. The Kier molecular flexibility index (Phi) is 6.29. The number of carbonyl (C=O) groups excluding carboxylic acids is 1. The first kappa shape index (κ1) is 23.0. The molecule has 1 saturated heterocycles. The highest BCUT2D eigenvalue weighted by atomic mass is 32.2. The molecule has 3 heterocycles. The molecule has 2 aromatic heterocycles. The van der Waals surface area contributed by atoms with Crippen LogP contribution >= 0.6 is 0 Å². The summed E-state index contributed by atoms with van der Waals surface area (Å²) in [5.41, 5.74) is 2.43. The molecule has 1 aromatic carbocycles. The molecule has 3 aromatic rings. The number of likely N-dealkylation sites (tertiary alicyclic amines) is 1. The summed E-state index contributed by atoms with van der Waals surface area (Å²) in [6, 6.07) is 7.42. The topological polar surface area (TPSA) is 93.0 Å². The van der Waals surface area contributed by atoms with Crippen LogP contribution in [0.5, 0.6) is 0 Å². The normalized spacial score (nSPS) is 15.2. The number of amides is 1.